The predicted molar refractivity (Wildman–Crippen MR) is 47.8 cm³/mol. The van der Waals surface area contributed by atoms with Gasteiger partial charge < -0.3 is 15.4 Å². The van der Waals surface area contributed by atoms with Crippen LogP contribution < -0.4 is 5.73 Å². The molecule has 0 aromatic rings. The number of primary amides is 1. The van der Waals surface area contributed by atoms with Crippen LogP contribution in [-0.4, -0.2) is 43.7 Å². The lowest BCUT2D eigenvalue weighted by molar-refractivity contribution is -0.134. The van der Waals surface area contributed by atoms with Crippen molar-refractivity contribution in [1.82, 2.24) is 4.90 Å². The number of rotatable bonds is 1. The molecule has 1 rings (SSSR count). The summed E-state index contributed by atoms with van der Waals surface area (Å²) in [6, 6.07) is 0. The van der Waals surface area contributed by atoms with Crippen molar-refractivity contribution in [3.8, 4) is 0 Å². The molecule has 0 aliphatic carbocycles. The predicted octanol–water partition coefficient (Wildman–Crippen LogP) is -0.171. The van der Waals surface area contributed by atoms with E-state index in [2.05, 4.69) is 0 Å². The largest absolute Gasteiger partial charge is 0.367 e. The quantitative estimate of drug-likeness (QED) is 0.600. The van der Waals surface area contributed by atoms with Crippen molar-refractivity contribution in [3.05, 3.63) is 0 Å². The van der Waals surface area contributed by atoms with Crippen LogP contribution in [0.15, 0.2) is 0 Å². The molecular weight excluding hydrogens is 156 g/mol. The molecule has 4 nitrogen and oxygen atoms in total. The number of hydrogen-bond acceptors (Lipinski definition) is 3. The minimum absolute atomic E-state index is 0.369. The number of nitrogens with two attached hydrogens (primary N) is 1. The van der Waals surface area contributed by atoms with Crippen molar-refractivity contribution in [2.24, 2.45) is 5.73 Å². The van der Waals surface area contributed by atoms with Crippen LogP contribution in [0.5, 0.6) is 0 Å². The van der Waals surface area contributed by atoms with Crippen LogP contribution >= 0.6 is 0 Å². The molecule has 2 N–H and O–H groups in total. The van der Waals surface area contributed by atoms with Gasteiger partial charge in [-0.15, -0.1) is 0 Å². The molecule has 1 aliphatic heterocycles. The molecule has 0 saturated carbocycles. The van der Waals surface area contributed by atoms with E-state index in [1.807, 2.05) is 25.8 Å². The first-order valence-corrected chi connectivity index (χ1v) is 4.29. The molecular formula is C8H18N2O2. The summed E-state index contributed by atoms with van der Waals surface area (Å²) in [5.41, 5.74) is 5.04. The topological polar surface area (TPSA) is 55.6 Å². The lowest BCUT2D eigenvalue weighted by Gasteiger charge is -2.27. The molecule has 0 aromatic carbocycles. The summed E-state index contributed by atoms with van der Waals surface area (Å²) in [6.45, 7) is 6.10. The van der Waals surface area contributed by atoms with E-state index in [1.54, 1.807) is 0 Å². The monoisotopic (exact) mass is 174 g/mol. The molecule has 1 atom stereocenters. The van der Waals surface area contributed by atoms with Crippen LogP contribution in [0.4, 0.5) is 0 Å². The lowest BCUT2D eigenvalue weighted by Crippen LogP contribution is -2.46. The van der Waals surface area contributed by atoms with Crippen LogP contribution in [0.1, 0.15) is 13.8 Å². The van der Waals surface area contributed by atoms with Gasteiger partial charge >= 0.3 is 0 Å². The van der Waals surface area contributed by atoms with Crippen LogP contribution in [-0.2, 0) is 9.53 Å². The fraction of sp³-hybridized carbons (Fsp3) is 0.875. The minimum atomic E-state index is -0.404. The summed E-state index contributed by atoms with van der Waals surface area (Å²) in [4.78, 5) is 12.6. The third kappa shape index (κ3) is 3.69. The highest BCUT2D eigenvalue weighted by Crippen LogP contribution is 2.00. The molecule has 12 heavy (non-hydrogen) atoms. The Morgan fingerprint density at radius 3 is 2.50 bits per heavy atom. The van der Waals surface area contributed by atoms with E-state index < -0.39 is 6.10 Å². The number of carbonyl (C=O) groups excluding carboxylic acids is 1. The zero-order valence-corrected chi connectivity index (χ0v) is 8.04. The highest BCUT2D eigenvalue weighted by molar-refractivity contribution is 5.79. The van der Waals surface area contributed by atoms with Crippen molar-refractivity contribution in [1.29, 1.82) is 0 Å². The summed E-state index contributed by atoms with van der Waals surface area (Å²) in [6.07, 6.45) is -0.404. The van der Waals surface area contributed by atoms with E-state index in [9.17, 15) is 4.79 Å². The maximum absolute atomic E-state index is 10.6. The van der Waals surface area contributed by atoms with Gasteiger partial charge in [0.1, 0.15) is 6.10 Å². The first kappa shape index (κ1) is 11.4. The molecule has 0 radical (unpaired) electrons. The van der Waals surface area contributed by atoms with Gasteiger partial charge in [-0.05, 0) is 7.05 Å². The molecule has 1 saturated heterocycles. The summed E-state index contributed by atoms with van der Waals surface area (Å²) in [7, 11) is 1.94. The maximum Gasteiger partial charge on any atom is 0.247 e. The van der Waals surface area contributed by atoms with Crippen LogP contribution in [0, 0.1) is 0 Å². The van der Waals surface area contributed by atoms with Crippen molar-refractivity contribution in [2.45, 2.75) is 20.0 Å². The van der Waals surface area contributed by atoms with Gasteiger partial charge in [0, 0.05) is 13.1 Å². The van der Waals surface area contributed by atoms with E-state index in [-0.39, 0.29) is 5.91 Å². The molecule has 1 fully saturated rings. The lowest BCUT2D eigenvalue weighted by atomic mass is 10.3. The van der Waals surface area contributed by atoms with E-state index >= 15 is 0 Å². The van der Waals surface area contributed by atoms with Crippen LogP contribution in [0.3, 0.4) is 0 Å². The third-order valence-electron chi connectivity index (χ3n) is 1.59. The van der Waals surface area contributed by atoms with Crippen molar-refractivity contribution >= 4 is 5.91 Å². The van der Waals surface area contributed by atoms with Gasteiger partial charge in [0.2, 0.25) is 5.91 Å². The Morgan fingerprint density at radius 2 is 2.17 bits per heavy atom. The standard InChI is InChI=1S/C6H12N2O2.C2H6/c1-8-2-3-10-5(4-8)6(7)9;1-2/h5H,2-4H2,1H3,(H2,7,9);1-2H3. The average Bonchev–Trinajstić information content (AvgIpc) is 2.08. The number of amides is 1. The van der Waals surface area contributed by atoms with E-state index in [0.29, 0.717) is 13.2 Å². The Kier molecular flexibility index (Phi) is 5.66. The van der Waals surface area contributed by atoms with Gasteiger partial charge in [0.15, 0.2) is 0 Å². The second kappa shape index (κ2) is 5.97. The minimum Gasteiger partial charge on any atom is -0.367 e. The Bertz CT molecular complexity index is 139. The second-order valence-electron chi connectivity index (χ2n) is 2.52. The second-order valence-corrected chi connectivity index (χ2v) is 2.52. The highest BCUT2D eigenvalue weighted by Gasteiger charge is 2.21. The van der Waals surface area contributed by atoms with Crippen molar-refractivity contribution in [3.63, 3.8) is 0 Å². The van der Waals surface area contributed by atoms with E-state index in [0.717, 1.165) is 6.54 Å². The van der Waals surface area contributed by atoms with Crippen LogP contribution in [0.25, 0.3) is 0 Å². The smallest absolute Gasteiger partial charge is 0.247 e. The molecule has 0 spiro atoms. The fourth-order valence-corrected chi connectivity index (χ4v) is 0.950. The number of carbonyl (C=O) groups is 1. The number of hydrogen-bond donors (Lipinski definition) is 1. The van der Waals surface area contributed by atoms with Crippen molar-refractivity contribution < 1.29 is 9.53 Å². The first-order valence-electron chi connectivity index (χ1n) is 4.29. The molecule has 1 heterocycles. The first-order chi connectivity index (χ1) is 5.70. The van der Waals surface area contributed by atoms with E-state index in [1.165, 1.54) is 0 Å². The zero-order valence-electron chi connectivity index (χ0n) is 8.04. The summed E-state index contributed by atoms with van der Waals surface area (Å²) in [5, 5.41) is 0. The molecule has 72 valence electrons. The molecule has 0 aromatic heterocycles. The average molecular weight is 174 g/mol. The Morgan fingerprint density at radius 1 is 1.58 bits per heavy atom. The molecule has 0 bridgehead atoms. The third-order valence-corrected chi connectivity index (χ3v) is 1.59. The van der Waals surface area contributed by atoms with Crippen LogP contribution in [0.2, 0.25) is 0 Å². The Balaban J connectivity index is 0.000000561. The maximum atomic E-state index is 10.6. The van der Waals surface area contributed by atoms with Gasteiger partial charge in [0.25, 0.3) is 0 Å². The fourth-order valence-electron chi connectivity index (χ4n) is 0.950. The number of nitrogens with zero attached hydrogens (tertiary/aromatic N) is 1. The number of morpholine rings is 1. The number of likely N-dealkylation sites (N-methyl/N-ethyl adjacent to an activating group) is 1. The Labute approximate surface area is 73.7 Å². The molecule has 1 amide bonds. The highest BCUT2D eigenvalue weighted by atomic mass is 16.5. The SMILES string of the molecule is CC.CN1CCOC(C(N)=O)C1. The van der Waals surface area contributed by atoms with Gasteiger partial charge in [0.05, 0.1) is 6.61 Å². The number of ether oxygens (including phenoxy) is 1. The summed E-state index contributed by atoms with van der Waals surface area (Å²) < 4.78 is 5.09. The molecule has 4 heteroatoms. The normalized spacial score (nSPS) is 24.1. The van der Waals surface area contributed by atoms with Gasteiger partial charge in [-0.1, -0.05) is 13.8 Å². The molecule has 1 unspecified atom stereocenters. The van der Waals surface area contributed by atoms with Gasteiger partial charge in [-0.2, -0.15) is 0 Å². The van der Waals surface area contributed by atoms with Gasteiger partial charge in [-0.3, -0.25) is 4.79 Å². The molecule has 1 aliphatic rings. The zero-order chi connectivity index (χ0) is 9.56. The van der Waals surface area contributed by atoms with Crippen molar-refractivity contribution in [2.75, 3.05) is 26.7 Å². The summed E-state index contributed by atoms with van der Waals surface area (Å²) >= 11 is 0. The summed E-state index contributed by atoms with van der Waals surface area (Å²) in [5.74, 6) is -0.369. The Hall–Kier alpha value is -0.610. The van der Waals surface area contributed by atoms with Gasteiger partial charge in [-0.25, -0.2) is 0 Å². The van der Waals surface area contributed by atoms with E-state index in [4.69, 9.17) is 10.5 Å².